The predicted octanol–water partition coefficient (Wildman–Crippen LogP) is 2.89. The topological polar surface area (TPSA) is 72.5 Å². The number of nitrogens with one attached hydrogen (secondary N) is 1. The van der Waals surface area contributed by atoms with Gasteiger partial charge in [-0.15, -0.1) is 0 Å². The van der Waals surface area contributed by atoms with Crippen molar-refractivity contribution in [2.75, 3.05) is 23.4 Å². The number of ether oxygens (including phenoxy) is 1. The molecule has 0 bridgehead atoms. The summed E-state index contributed by atoms with van der Waals surface area (Å²) in [6, 6.07) is 5.05. The highest BCUT2D eigenvalue weighted by molar-refractivity contribution is 7.91. The summed E-state index contributed by atoms with van der Waals surface area (Å²) >= 11 is 5.96. The smallest absolute Gasteiger partial charge is 0.224 e. The lowest BCUT2D eigenvalue weighted by molar-refractivity contribution is -0.116. The molecule has 1 atom stereocenters. The van der Waals surface area contributed by atoms with Crippen LogP contribution in [0.5, 0.6) is 5.75 Å². The maximum atomic E-state index is 12.1. The SMILES string of the molecule is CCCOc1ccc(Cl)cc1NC(=O)CC1CCS(=O)(=O)C1. The summed E-state index contributed by atoms with van der Waals surface area (Å²) < 4.78 is 28.4. The summed E-state index contributed by atoms with van der Waals surface area (Å²) in [4.78, 5) is 12.1. The third-order valence-electron chi connectivity index (χ3n) is 3.48. The zero-order valence-electron chi connectivity index (χ0n) is 12.5. The van der Waals surface area contributed by atoms with E-state index in [4.69, 9.17) is 16.3 Å². The van der Waals surface area contributed by atoms with Crippen molar-refractivity contribution in [1.29, 1.82) is 0 Å². The number of sulfone groups is 1. The fraction of sp³-hybridized carbons (Fsp3) is 0.533. The lowest BCUT2D eigenvalue weighted by Crippen LogP contribution is -2.18. The van der Waals surface area contributed by atoms with Gasteiger partial charge in [0.15, 0.2) is 9.84 Å². The number of rotatable bonds is 6. The van der Waals surface area contributed by atoms with Crippen LogP contribution in [0, 0.1) is 5.92 Å². The van der Waals surface area contributed by atoms with Crippen LogP contribution in [0.4, 0.5) is 5.69 Å². The van der Waals surface area contributed by atoms with Crippen molar-refractivity contribution < 1.29 is 17.9 Å². The monoisotopic (exact) mass is 345 g/mol. The molecule has 1 N–H and O–H groups in total. The summed E-state index contributed by atoms with van der Waals surface area (Å²) in [5.41, 5.74) is 0.520. The first-order valence-electron chi connectivity index (χ1n) is 7.32. The van der Waals surface area contributed by atoms with Gasteiger partial charge >= 0.3 is 0 Å². The quantitative estimate of drug-likeness (QED) is 0.860. The van der Waals surface area contributed by atoms with Gasteiger partial charge in [-0.25, -0.2) is 8.42 Å². The Morgan fingerprint density at radius 1 is 1.45 bits per heavy atom. The van der Waals surface area contributed by atoms with Crippen LogP contribution in [-0.4, -0.2) is 32.4 Å². The van der Waals surface area contributed by atoms with Gasteiger partial charge in [-0.1, -0.05) is 18.5 Å². The second-order valence-electron chi connectivity index (χ2n) is 5.51. The number of carbonyl (C=O) groups is 1. The van der Waals surface area contributed by atoms with E-state index in [1.807, 2.05) is 6.92 Å². The summed E-state index contributed by atoms with van der Waals surface area (Å²) in [5, 5.41) is 3.27. The second kappa shape index (κ2) is 7.33. The molecule has 1 aliphatic rings. The summed E-state index contributed by atoms with van der Waals surface area (Å²) in [7, 11) is -2.97. The minimum absolute atomic E-state index is 0.0924. The Hall–Kier alpha value is -1.27. The molecule has 2 rings (SSSR count). The molecule has 1 fully saturated rings. The Balaban J connectivity index is 2.00. The first kappa shape index (κ1) is 17.1. The molecule has 0 spiro atoms. The van der Waals surface area contributed by atoms with Crippen molar-refractivity contribution in [3.05, 3.63) is 23.2 Å². The third-order valence-corrected chi connectivity index (χ3v) is 5.55. The van der Waals surface area contributed by atoms with Crippen molar-refractivity contribution in [3.63, 3.8) is 0 Å². The van der Waals surface area contributed by atoms with Gasteiger partial charge in [-0.2, -0.15) is 0 Å². The molecule has 0 radical (unpaired) electrons. The normalized spacial score (nSPS) is 19.8. The van der Waals surface area contributed by atoms with Crippen LogP contribution < -0.4 is 10.1 Å². The largest absolute Gasteiger partial charge is 0.491 e. The van der Waals surface area contributed by atoms with Gasteiger partial charge < -0.3 is 10.1 Å². The molecule has 7 heteroatoms. The summed E-state index contributed by atoms with van der Waals surface area (Å²) in [6.45, 7) is 2.54. The molecule has 1 saturated heterocycles. The Morgan fingerprint density at radius 2 is 2.23 bits per heavy atom. The fourth-order valence-electron chi connectivity index (χ4n) is 2.43. The van der Waals surface area contributed by atoms with Crippen molar-refractivity contribution in [3.8, 4) is 5.75 Å². The molecule has 5 nitrogen and oxygen atoms in total. The van der Waals surface area contributed by atoms with Gasteiger partial charge in [0.25, 0.3) is 0 Å². The van der Waals surface area contributed by atoms with Crippen LogP contribution in [0.25, 0.3) is 0 Å². The molecular formula is C15H20ClNO4S. The van der Waals surface area contributed by atoms with Crippen LogP contribution in [0.2, 0.25) is 5.02 Å². The summed E-state index contributed by atoms with van der Waals surface area (Å²) in [6.07, 6.45) is 1.60. The minimum atomic E-state index is -2.97. The van der Waals surface area contributed by atoms with Crippen LogP contribution in [0.15, 0.2) is 18.2 Å². The Kier molecular flexibility index (Phi) is 5.69. The van der Waals surface area contributed by atoms with Crippen molar-refractivity contribution >= 4 is 33.0 Å². The second-order valence-corrected chi connectivity index (χ2v) is 8.18. The van der Waals surface area contributed by atoms with Crippen LogP contribution in [-0.2, 0) is 14.6 Å². The van der Waals surface area contributed by atoms with Crippen LogP contribution >= 0.6 is 11.6 Å². The van der Waals surface area contributed by atoms with E-state index in [0.29, 0.717) is 29.5 Å². The highest BCUT2D eigenvalue weighted by atomic mass is 35.5. The average Bonchev–Trinajstić information content (AvgIpc) is 2.77. The maximum absolute atomic E-state index is 12.1. The molecule has 1 aromatic carbocycles. The van der Waals surface area contributed by atoms with Crippen LogP contribution in [0.3, 0.4) is 0 Å². The lowest BCUT2D eigenvalue weighted by Gasteiger charge is -2.13. The number of hydrogen-bond donors (Lipinski definition) is 1. The first-order valence-corrected chi connectivity index (χ1v) is 9.52. The van der Waals surface area contributed by atoms with Crippen molar-refractivity contribution in [2.45, 2.75) is 26.2 Å². The van der Waals surface area contributed by atoms with E-state index in [2.05, 4.69) is 5.32 Å². The van der Waals surface area contributed by atoms with E-state index >= 15 is 0 Å². The molecule has 1 unspecified atom stereocenters. The minimum Gasteiger partial charge on any atom is -0.491 e. The standard InChI is InChI=1S/C15H20ClNO4S/c1-2-6-21-14-4-3-12(16)9-13(14)17-15(18)8-11-5-7-22(19,20)10-11/h3-4,9,11H,2,5-8,10H2,1H3,(H,17,18). The number of hydrogen-bond acceptors (Lipinski definition) is 4. The van der Waals surface area contributed by atoms with Gasteiger partial charge in [-0.3, -0.25) is 4.79 Å². The molecule has 0 aromatic heterocycles. The van der Waals surface area contributed by atoms with Gasteiger partial charge in [-0.05, 0) is 37.0 Å². The number of anilines is 1. The summed E-state index contributed by atoms with van der Waals surface area (Å²) in [5.74, 6) is 0.510. The number of carbonyl (C=O) groups excluding carboxylic acids is 1. The maximum Gasteiger partial charge on any atom is 0.224 e. The fourth-order valence-corrected chi connectivity index (χ4v) is 4.47. The van der Waals surface area contributed by atoms with Crippen molar-refractivity contribution in [2.24, 2.45) is 5.92 Å². The molecule has 0 saturated carbocycles. The van der Waals surface area contributed by atoms with E-state index in [1.165, 1.54) is 0 Å². The Bertz CT molecular complexity index is 645. The zero-order valence-corrected chi connectivity index (χ0v) is 14.0. The molecule has 1 heterocycles. The highest BCUT2D eigenvalue weighted by Crippen LogP contribution is 2.29. The lowest BCUT2D eigenvalue weighted by atomic mass is 10.0. The van der Waals surface area contributed by atoms with Crippen molar-refractivity contribution in [1.82, 2.24) is 0 Å². The molecule has 22 heavy (non-hydrogen) atoms. The number of amides is 1. The molecule has 1 aromatic rings. The van der Waals surface area contributed by atoms with Crippen LogP contribution in [0.1, 0.15) is 26.2 Å². The number of halogens is 1. The molecule has 1 amide bonds. The molecule has 0 aliphatic carbocycles. The molecular weight excluding hydrogens is 326 g/mol. The Labute approximate surface area is 135 Å². The number of benzene rings is 1. The van der Waals surface area contributed by atoms with Gasteiger partial charge in [0, 0.05) is 11.4 Å². The zero-order chi connectivity index (χ0) is 16.2. The van der Waals surface area contributed by atoms with E-state index in [-0.39, 0.29) is 29.8 Å². The first-order chi connectivity index (χ1) is 10.4. The molecule has 1 aliphatic heterocycles. The van der Waals surface area contributed by atoms with Gasteiger partial charge in [0.2, 0.25) is 5.91 Å². The van der Waals surface area contributed by atoms with Gasteiger partial charge in [0.05, 0.1) is 23.8 Å². The van der Waals surface area contributed by atoms with Gasteiger partial charge in [0.1, 0.15) is 5.75 Å². The van der Waals surface area contributed by atoms with E-state index < -0.39 is 9.84 Å². The Morgan fingerprint density at radius 3 is 2.86 bits per heavy atom. The molecule has 122 valence electrons. The van der Waals surface area contributed by atoms with E-state index in [1.54, 1.807) is 18.2 Å². The van der Waals surface area contributed by atoms with E-state index in [0.717, 1.165) is 6.42 Å². The predicted molar refractivity (Wildman–Crippen MR) is 87.2 cm³/mol. The third kappa shape index (κ3) is 4.88. The average molecular weight is 346 g/mol. The van der Waals surface area contributed by atoms with E-state index in [9.17, 15) is 13.2 Å². The highest BCUT2D eigenvalue weighted by Gasteiger charge is 2.29.